The van der Waals surface area contributed by atoms with Gasteiger partial charge in [0.15, 0.2) is 0 Å². The summed E-state index contributed by atoms with van der Waals surface area (Å²) in [7, 11) is 1.32. The minimum Gasteiger partial charge on any atom is -0.467 e. The number of nitrogens with one attached hydrogen (secondary N) is 2. The van der Waals surface area contributed by atoms with Crippen LogP contribution in [-0.2, 0) is 9.53 Å². The minimum atomic E-state index is -0.652. The third-order valence-corrected chi connectivity index (χ3v) is 3.22. The first-order valence-electron chi connectivity index (χ1n) is 6.83. The van der Waals surface area contributed by atoms with Crippen molar-refractivity contribution >= 4 is 22.8 Å². The van der Waals surface area contributed by atoms with E-state index < -0.39 is 12.0 Å². The van der Waals surface area contributed by atoms with Crippen molar-refractivity contribution in [2.45, 2.75) is 26.3 Å². The molecular weight excluding hydrogens is 270 g/mol. The summed E-state index contributed by atoms with van der Waals surface area (Å²) < 4.78 is 4.75. The normalized spacial score (nSPS) is 12.4. The minimum absolute atomic E-state index is 0.261. The number of methoxy groups -OCH3 is 1. The Morgan fingerprint density at radius 3 is 2.81 bits per heavy atom. The van der Waals surface area contributed by atoms with Crippen molar-refractivity contribution in [2.24, 2.45) is 5.92 Å². The molecule has 1 aromatic carbocycles. The van der Waals surface area contributed by atoms with Crippen molar-refractivity contribution in [1.82, 2.24) is 15.5 Å². The molecule has 1 aromatic heterocycles. The number of carbonyl (C=O) groups excluding carboxylic acids is 2. The number of para-hydroxylation sites is 1. The maximum absolute atomic E-state index is 12.4. The van der Waals surface area contributed by atoms with Crippen molar-refractivity contribution in [1.29, 1.82) is 0 Å². The number of rotatable bonds is 5. The third kappa shape index (κ3) is 3.39. The number of esters is 1. The van der Waals surface area contributed by atoms with Crippen LogP contribution in [-0.4, -0.2) is 35.2 Å². The fraction of sp³-hybridized carbons (Fsp3) is 0.400. The summed E-state index contributed by atoms with van der Waals surface area (Å²) in [6.07, 6.45) is 2.18. The number of amides is 1. The predicted molar refractivity (Wildman–Crippen MR) is 78.8 cm³/mol. The standard InChI is InChI=1S/C15H19N3O3/c1-9(2)7-12(15(20)21-3)17-14(19)11-6-4-5-10-8-16-18-13(10)11/h4-6,8-9,12H,7H2,1-3H3,(H,16,18)(H,17,19)/t12-/m0/s1. The Hall–Kier alpha value is -2.37. The number of nitrogens with zero attached hydrogens (tertiary/aromatic N) is 1. The van der Waals surface area contributed by atoms with Gasteiger partial charge in [0.2, 0.25) is 0 Å². The molecule has 0 fully saturated rings. The molecule has 6 nitrogen and oxygen atoms in total. The number of hydrogen-bond acceptors (Lipinski definition) is 4. The summed E-state index contributed by atoms with van der Waals surface area (Å²) in [6, 6.07) is 4.68. The van der Waals surface area contributed by atoms with E-state index in [-0.39, 0.29) is 11.8 Å². The molecule has 1 amide bonds. The smallest absolute Gasteiger partial charge is 0.328 e. The summed E-state index contributed by atoms with van der Waals surface area (Å²) in [6.45, 7) is 3.97. The summed E-state index contributed by atoms with van der Waals surface area (Å²) >= 11 is 0. The van der Waals surface area contributed by atoms with E-state index >= 15 is 0 Å². The van der Waals surface area contributed by atoms with Gasteiger partial charge in [0.25, 0.3) is 5.91 Å². The average molecular weight is 289 g/mol. The molecule has 112 valence electrons. The third-order valence-electron chi connectivity index (χ3n) is 3.22. The predicted octanol–water partition coefficient (Wildman–Crippen LogP) is 1.88. The van der Waals surface area contributed by atoms with Gasteiger partial charge in [-0.1, -0.05) is 26.0 Å². The summed E-state index contributed by atoms with van der Waals surface area (Å²) in [5.41, 5.74) is 1.12. The van der Waals surface area contributed by atoms with Crippen LogP contribution >= 0.6 is 0 Å². The van der Waals surface area contributed by atoms with Gasteiger partial charge in [-0.05, 0) is 18.4 Å². The lowest BCUT2D eigenvalue weighted by Gasteiger charge is -2.18. The monoisotopic (exact) mass is 289 g/mol. The Morgan fingerprint density at radius 1 is 1.38 bits per heavy atom. The second kappa shape index (κ2) is 6.39. The number of aromatic nitrogens is 2. The van der Waals surface area contributed by atoms with E-state index in [4.69, 9.17) is 4.74 Å². The van der Waals surface area contributed by atoms with Gasteiger partial charge in [-0.3, -0.25) is 9.89 Å². The van der Waals surface area contributed by atoms with E-state index in [1.807, 2.05) is 19.9 Å². The first-order chi connectivity index (χ1) is 10.0. The van der Waals surface area contributed by atoms with E-state index in [0.717, 1.165) is 5.39 Å². The van der Waals surface area contributed by atoms with Gasteiger partial charge in [-0.15, -0.1) is 0 Å². The van der Waals surface area contributed by atoms with Crippen LogP contribution in [0.2, 0.25) is 0 Å². The average Bonchev–Trinajstić information content (AvgIpc) is 2.93. The molecule has 0 unspecified atom stereocenters. The maximum atomic E-state index is 12.4. The zero-order valence-electron chi connectivity index (χ0n) is 12.3. The highest BCUT2D eigenvalue weighted by Crippen LogP contribution is 2.16. The molecule has 2 rings (SSSR count). The number of carbonyl (C=O) groups is 2. The van der Waals surface area contributed by atoms with E-state index in [1.54, 1.807) is 18.3 Å². The van der Waals surface area contributed by atoms with Gasteiger partial charge in [0.05, 0.1) is 24.4 Å². The molecule has 0 spiro atoms. The molecule has 21 heavy (non-hydrogen) atoms. The number of ether oxygens (including phenoxy) is 1. The van der Waals surface area contributed by atoms with E-state index in [9.17, 15) is 9.59 Å². The number of H-pyrrole nitrogens is 1. The molecule has 6 heteroatoms. The Bertz CT molecular complexity index is 648. The largest absolute Gasteiger partial charge is 0.467 e. The van der Waals surface area contributed by atoms with Crippen LogP contribution in [0.1, 0.15) is 30.6 Å². The summed E-state index contributed by atoms with van der Waals surface area (Å²) in [5, 5.41) is 10.3. The SMILES string of the molecule is COC(=O)[C@H](CC(C)C)NC(=O)c1cccc2cn[nH]c12. The number of hydrogen-bond donors (Lipinski definition) is 2. The van der Waals surface area contributed by atoms with E-state index in [1.165, 1.54) is 7.11 Å². The molecule has 2 N–H and O–H groups in total. The van der Waals surface area contributed by atoms with Gasteiger partial charge in [-0.25, -0.2) is 4.79 Å². The van der Waals surface area contributed by atoms with Crippen LogP contribution < -0.4 is 5.32 Å². The maximum Gasteiger partial charge on any atom is 0.328 e. The van der Waals surface area contributed by atoms with Crippen LogP contribution in [0.4, 0.5) is 0 Å². The molecule has 0 saturated heterocycles. The zero-order valence-corrected chi connectivity index (χ0v) is 12.3. The van der Waals surface area contributed by atoms with Gasteiger partial charge < -0.3 is 10.1 Å². The quantitative estimate of drug-likeness (QED) is 0.823. The van der Waals surface area contributed by atoms with E-state index in [2.05, 4.69) is 15.5 Å². The summed E-state index contributed by atoms with van der Waals surface area (Å²) in [4.78, 5) is 24.2. The first kappa shape index (κ1) is 15.0. The van der Waals surface area contributed by atoms with Crippen LogP contribution in [0.5, 0.6) is 0 Å². The zero-order chi connectivity index (χ0) is 15.4. The Labute approximate surface area is 122 Å². The number of fused-ring (bicyclic) bond motifs is 1. The highest BCUT2D eigenvalue weighted by Gasteiger charge is 2.24. The lowest BCUT2D eigenvalue weighted by Crippen LogP contribution is -2.42. The Morgan fingerprint density at radius 2 is 2.14 bits per heavy atom. The fourth-order valence-electron chi connectivity index (χ4n) is 2.22. The molecule has 0 radical (unpaired) electrons. The van der Waals surface area contributed by atoms with Crippen molar-refractivity contribution in [3.05, 3.63) is 30.0 Å². The van der Waals surface area contributed by atoms with Gasteiger partial charge in [0, 0.05) is 5.39 Å². The van der Waals surface area contributed by atoms with Crippen LogP contribution in [0.25, 0.3) is 10.9 Å². The lowest BCUT2D eigenvalue weighted by molar-refractivity contribution is -0.143. The summed E-state index contributed by atoms with van der Waals surface area (Å²) in [5.74, 6) is -0.493. The Balaban J connectivity index is 2.22. The van der Waals surface area contributed by atoms with Crippen molar-refractivity contribution in [3.63, 3.8) is 0 Å². The van der Waals surface area contributed by atoms with Crippen molar-refractivity contribution in [3.8, 4) is 0 Å². The number of aromatic amines is 1. The molecule has 0 aliphatic heterocycles. The van der Waals surface area contributed by atoms with E-state index in [0.29, 0.717) is 17.5 Å². The molecule has 2 aromatic rings. The molecule has 1 heterocycles. The molecule has 0 aliphatic rings. The highest BCUT2D eigenvalue weighted by molar-refractivity contribution is 6.06. The van der Waals surface area contributed by atoms with Crippen molar-refractivity contribution in [2.75, 3.05) is 7.11 Å². The lowest BCUT2D eigenvalue weighted by atomic mass is 10.0. The number of benzene rings is 1. The fourth-order valence-corrected chi connectivity index (χ4v) is 2.22. The van der Waals surface area contributed by atoms with Crippen LogP contribution in [0.3, 0.4) is 0 Å². The molecule has 1 atom stereocenters. The highest BCUT2D eigenvalue weighted by atomic mass is 16.5. The van der Waals surface area contributed by atoms with Gasteiger partial charge >= 0.3 is 5.97 Å². The molecular formula is C15H19N3O3. The van der Waals surface area contributed by atoms with Crippen LogP contribution in [0.15, 0.2) is 24.4 Å². The first-order valence-corrected chi connectivity index (χ1v) is 6.83. The van der Waals surface area contributed by atoms with Gasteiger partial charge in [0.1, 0.15) is 6.04 Å². The Kier molecular flexibility index (Phi) is 4.57. The molecule has 0 aliphatic carbocycles. The topological polar surface area (TPSA) is 84.1 Å². The molecule has 0 bridgehead atoms. The van der Waals surface area contributed by atoms with Crippen LogP contribution in [0, 0.1) is 5.92 Å². The molecule has 0 saturated carbocycles. The van der Waals surface area contributed by atoms with Crippen molar-refractivity contribution < 1.29 is 14.3 Å². The second-order valence-corrected chi connectivity index (χ2v) is 5.32. The van der Waals surface area contributed by atoms with Gasteiger partial charge in [-0.2, -0.15) is 5.10 Å². The second-order valence-electron chi connectivity index (χ2n) is 5.32.